The molecule has 1 aromatic carbocycles. The molecule has 1 aliphatic rings. The molecule has 23 heavy (non-hydrogen) atoms. The quantitative estimate of drug-likeness (QED) is 0.852. The van der Waals surface area contributed by atoms with E-state index in [0.29, 0.717) is 10.6 Å². The molecule has 3 rings (SSSR count). The van der Waals surface area contributed by atoms with Crippen LogP contribution in [-0.2, 0) is 6.54 Å². The first kappa shape index (κ1) is 17.7. The van der Waals surface area contributed by atoms with Crippen LogP contribution in [0, 0.1) is 0 Å². The fraction of sp³-hybridized carbons (Fsp3) is 0.294. The predicted molar refractivity (Wildman–Crippen MR) is 94.1 cm³/mol. The number of benzene rings is 1. The molecule has 0 aliphatic carbocycles. The molecule has 0 radical (unpaired) electrons. The fourth-order valence-electron chi connectivity index (χ4n) is 2.63. The van der Waals surface area contributed by atoms with Crippen LogP contribution in [0.3, 0.4) is 0 Å². The fourth-order valence-corrected chi connectivity index (χ4v) is 2.76. The van der Waals surface area contributed by atoms with E-state index in [1.165, 1.54) is 5.56 Å². The highest BCUT2D eigenvalue weighted by molar-refractivity contribution is 6.30. The Labute approximate surface area is 147 Å². The Bertz CT molecular complexity index is 626. The van der Waals surface area contributed by atoms with Gasteiger partial charge in [0.05, 0.1) is 0 Å². The normalized spacial score (nSPS) is 15.1. The lowest BCUT2D eigenvalue weighted by Crippen LogP contribution is -2.48. The molecule has 1 aromatic heterocycles. The van der Waals surface area contributed by atoms with Gasteiger partial charge in [0.25, 0.3) is 5.91 Å². The van der Waals surface area contributed by atoms with Gasteiger partial charge in [0.1, 0.15) is 0 Å². The van der Waals surface area contributed by atoms with Gasteiger partial charge in [-0.15, -0.1) is 12.4 Å². The largest absolute Gasteiger partial charge is 0.336 e. The molecule has 0 spiro atoms. The Balaban J connectivity index is 0.00000192. The van der Waals surface area contributed by atoms with Crippen LogP contribution in [-0.4, -0.2) is 46.9 Å². The number of pyridine rings is 1. The highest BCUT2D eigenvalue weighted by Gasteiger charge is 2.22. The molecule has 0 atom stereocenters. The van der Waals surface area contributed by atoms with E-state index in [1.54, 1.807) is 24.3 Å². The minimum absolute atomic E-state index is 0. The van der Waals surface area contributed by atoms with Crippen molar-refractivity contribution < 1.29 is 4.79 Å². The van der Waals surface area contributed by atoms with Crippen LogP contribution >= 0.6 is 24.0 Å². The van der Waals surface area contributed by atoms with Gasteiger partial charge in [-0.2, -0.15) is 0 Å². The number of carbonyl (C=O) groups excluding carboxylic acids is 1. The molecule has 122 valence electrons. The SMILES string of the molecule is Cl.O=C(c1ccc(Cl)cc1)N1CCN(Cc2ccncc2)CC1. The van der Waals surface area contributed by atoms with Crippen LogP contribution < -0.4 is 0 Å². The average molecular weight is 352 g/mol. The number of hydrogen-bond acceptors (Lipinski definition) is 3. The molecule has 4 nitrogen and oxygen atoms in total. The van der Waals surface area contributed by atoms with E-state index in [-0.39, 0.29) is 18.3 Å². The van der Waals surface area contributed by atoms with Gasteiger partial charge < -0.3 is 4.90 Å². The van der Waals surface area contributed by atoms with Crippen molar-refractivity contribution in [2.75, 3.05) is 26.2 Å². The molecule has 0 N–H and O–H groups in total. The van der Waals surface area contributed by atoms with Gasteiger partial charge >= 0.3 is 0 Å². The second kappa shape index (κ2) is 8.29. The smallest absolute Gasteiger partial charge is 0.253 e. The van der Waals surface area contributed by atoms with Crippen molar-refractivity contribution in [1.82, 2.24) is 14.8 Å². The maximum Gasteiger partial charge on any atom is 0.253 e. The lowest BCUT2D eigenvalue weighted by molar-refractivity contribution is 0.0628. The average Bonchev–Trinajstić information content (AvgIpc) is 2.57. The van der Waals surface area contributed by atoms with Gasteiger partial charge in [-0.3, -0.25) is 14.7 Å². The third-order valence-corrected chi connectivity index (χ3v) is 4.16. The summed E-state index contributed by atoms with van der Waals surface area (Å²) in [6, 6.07) is 11.2. The first-order valence-electron chi connectivity index (χ1n) is 7.38. The monoisotopic (exact) mass is 351 g/mol. The van der Waals surface area contributed by atoms with Crippen LogP contribution in [0.2, 0.25) is 5.02 Å². The molecule has 0 bridgehead atoms. The van der Waals surface area contributed by atoms with Gasteiger partial charge in [-0.05, 0) is 42.0 Å². The van der Waals surface area contributed by atoms with Crippen molar-refractivity contribution in [1.29, 1.82) is 0 Å². The van der Waals surface area contributed by atoms with E-state index in [4.69, 9.17) is 11.6 Å². The van der Waals surface area contributed by atoms with E-state index in [1.807, 2.05) is 29.4 Å². The van der Waals surface area contributed by atoms with E-state index in [0.717, 1.165) is 32.7 Å². The number of amides is 1. The lowest BCUT2D eigenvalue weighted by Gasteiger charge is -2.34. The van der Waals surface area contributed by atoms with Gasteiger partial charge in [-0.1, -0.05) is 11.6 Å². The number of hydrogen-bond donors (Lipinski definition) is 0. The third kappa shape index (κ3) is 4.67. The maximum atomic E-state index is 12.4. The van der Waals surface area contributed by atoms with E-state index >= 15 is 0 Å². The van der Waals surface area contributed by atoms with Crippen LogP contribution in [0.1, 0.15) is 15.9 Å². The molecule has 1 aliphatic heterocycles. The molecule has 0 saturated carbocycles. The van der Waals surface area contributed by atoms with Gasteiger partial charge in [0.15, 0.2) is 0 Å². The van der Waals surface area contributed by atoms with Crippen LogP contribution in [0.25, 0.3) is 0 Å². The Morgan fingerprint density at radius 1 is 1.00 bits per heavy atom. The molecule has 6 heteroatoms. The summed E-state index contributed by atoms with van der Waals surface area (Å²) in [6.07, 6.45) is 3.63. The van der Waals surface area contributed by atoms with E-state index < -0.39 is 0 Å². The number of nitrogens with zero attached hydrogens (tertiary/aromatic N) is 3. The molecule has 1 amide bonds. The Kier molecular flexibility index (Phi) is 6.39. The zero-order valence-corrected chi connectivity index (χ0v) is 14.3. The number of halogens is 2. The van der Waals surface area contributed by atoms with Crippen molar-refractivity contribution in [3.8, 4) is 0 Å². The first-order valence-corrected chi connectivity index (χ1v) is 7.76. The third-order valence-electron chi connectivity index (χ3n) is 3.91. The Morgan fingerprint density at radius 3 is 2.22 bits per heavy atom. The highest BCUT2D eigenvalue weighted by Crippen LogP contribution is 2.14. The standard InChI is InChI=1S/C17H18ClN3O.ClH/c18-16-3-1-15(2-4-16)17(22)21-11-9-20(10-12-21)13-14-5-7-19-8-6-14;/h1-8H,9-13H2;1H. The summed E-state index contributed by atoms with van der Waals surface area (Å²) in [7, 11) is 0. The summed E-state index contributed by atoms with van der Waals surface area (Å²) in [6.45, 7) is 4.20. The van der Waals surface area contributed by atoms with Crippen molar-refractivity contribution >= 4 is 29.9 Å². The molecular formula is C17H19Cl2N3O. The van der Waals surface area contributed by atoms with Crippen molar-refractivity contribution in [3.63, 3.8) is 0 Å². The number of piperazine rings is 1. The summed E-state index contributed by atoms with van der Waals surface area (Å²) < 4.78 is 0. The molecular weight excluding hydrogens is 333 g/mol. The Hall–Kier alpha value is -1.62. The minimum Gasteiger partial charge on any atom is -0.336 e. The Morgan fingerprint density at radius 2 is 1.61 bits per heavy atom. The molecule has 2 aromatic rings. The van der Waals surface area contributed by atoms with Gasteiger partial charge in [0.2, 0.25) is 0 Å². The molecule has 0 unspecified atom stereocenters. The second-order valence-corrected chi connectivity index (χ2v) is 5.87. The molecule has 1 saturated heterocycles. The van der Waals surface area contributed by atoms with Crippen molar-refractivity contribution in [2.24, 2.45) is 0 Å². The zero-order chi connectivity index (χ0) is 15.4. The summed E-state index contributed by atoms with van der Waals surface area (Å²) in [5.74, 6) is 0.0835. The number of rotatable bonds is 3. The predicted octanol–water partition coefficient (Wildman–Crippen LogP) is 3.11. The topological polar surface area (TPSA) is 36.4 Å². The summed E-state index contributed by atoms with van der Waals surface area (Å²) in [5.41, 5.74) is 1.96. The number of carbonyl (C=O) groups is 1. The van der Waals surface area contributed by atoms with E-state index in [9.17, 15) is 4.79 Å². The minimum atomic E-state index is 0. The summed E-state index contributed by atoms with van der Waals surface area (Å²) in [5, 5.41) is 0.652. The maximum absolute atomic E-state index is 12.4. The van der Waals surface area contributed by atoms with Gasteiger partial charge in [0, 0.05) is 55.7 Å². The van der Waals surface area contributed by atoms with Crippen molar-refractivity contribution in [2.45, 2.75) is 6.54 Å². The highest BCUT2D eigenvalue weighted by atomic mass is 35.5. The van der Waals surface area contributed by atoms with Crippen LogP contribution in [0.5, 0.6) is 0 Å². The number of aromatic nitrogens is 1. The summed E-state index contributed by atoms with van der Waals surface area (Å²) >= 11 is 5.86. The zero-order valence-electron chi connectivity index (χ0n) is 12.7. The second-order valence-electron chi connectivity index (χ2n) is 5.43. The van der Waals surface area contributed by atoms with Crippen LogP contribution in [0.15, 0.2) is 48.8 Å². The summed E-state index contributed by atoms with van der Waals surface area (Å²) in [4.78, 5) is 20.7. The van der Waals surface area contributed by atoms with Crippen LogP contribution in [0.4, 0.5) is 0 Å². The first-order chi connectivity index (χ1) is 10.7. The van der Waals surface area contributed by atoms with Crippen molar-refractivity contribution in [3.05, 3.63) is 64.9 Å². The molecule has 2 heterocycles. The lowest BCUT2D eigenvalue weighted by atomic mass is 10.1. The van der Waals surface area contributed by atoms with E-state index in [2.05, 4.69) is 9.88 Å². The molecule has 1 fully saturated rings. The van der Waals surface area contributed by atoms with Gasteiger partial charge in [-0.25, -0.2) is 0 Å².